The van der Waals surface area contributed by atoms with Gasteiger partial charge in [-0.3, -0.25) is 10.7 Å². The molecule has 0 spiro atoms. The van der Waals surface area contributed by atoms with Crippen molar-refractivity contribution in [1.29, 1.82) is 0 Å². The van der Waals surface area contributed by atoms with Crippen LogP contribution in [0.5, 0.6) is 0 Å². The van der Waals surface area contributed by atoms with Crippen molar-refractivity contribution < 1.29 is 5.21 Å². The van der Waals surface area contributed by atoms with Crippen LogP contribution in [0, 0.1) is 0 Å². The van der Waals surface area contributed by atoms with Gasteiger partial charge in [0, 0.05) is 17.1 Å². The van der Waals surface area contributed by atoms with E-state index in [1.165, 1.54) is 10.8 Å². The molecule has 0 aliphatic carbocycles. The third-order valence-electron chi connectivity index (χ3n) is 3.90. The van der Waals surface area contributed by atoms with Gasteiger partial charge in [-0.2, -0.15) is 0 Å². The van der Waals surface area contributed by atoms with Crippen LogP contribution in [0.2, 0.25) is 0 Å². The van der Waals surface area contributed by atoms with Crippen molar-refractivity contribution in [1.82, 2.24) is 4.98 Å². The molecule has 0 saturated carbocycles. The number of anilines is 1. The standard InChI is InChI=1S/C18H14N2O/c21-20-17-7-3-6-15-16(11-19-18(15)17)14-9-8-12-4-1-2-5-13(12)10-14/h1-11,19-21H. The molecule has 0 bridgehead atoms. The zero-order valence-electron chi connectivity index (χ0n) is 11.3. The molecule has 102 valence electrons. The average Bonchev–Trinajstić information content (AvgIpc) is 2.98. The Morgan fingerprint density at radius 2 is 1.71 bits per heavy atom. The molecule has 0 unspecified atom stereocenters. The fourth-order valence-electron chi connectivity index (χ4n) is 2.84. The fourth-order valence-corrected chi connectivity index (χ4v) is 2.84. The minimum absolute atomic E-state index is 0.680. The molecular formula is C18H14N2O. The summed E-state index contributed by atoms with van der Waals surface area (Å²) in [6.07, 6.45) is 1.98. The first-order valence-corrected chi connectivity index (χ1v) is 6.86. The van der Waals surface area contributed by atoms with Crippen molar-refractivity contribution in [3.63, 3.8) is 0 Å². The second-order valence-corrected chi connectivity index (χ2v) is 5.10. The van der Waals surface area contributed by atoms with Gasteiger partial charge in [0.15, 0.2) is 0 Å². The van der Waals surface area contributed by atoms with Gasteiger partial charge in [-0.1, -0.05) is 48.5 Å². The van der Waals surface area contributed by atoms with Crippen molar-refractivity contribution in [2.24, 2.45) is 0 Å². The van der Waals surface area contributed by atoms with Crippen LogP contribution in [0.1, 0.15) is 0 Å². The second kappa shape index (κ2) is 4.65. The molecule has 0 fully saturated rings. The third kappa shape index (κ3) is 1.87. The molecule has 0 amide bonds. The Labute approximate surface area is 121 Å². The van der Waals surface area contributed by atoms with E-state index in [0.29, 0.717) is 5.69 Å². The predicted octanol–water partition coefficient (Wildman–Crippen LogP) is 4.79. The number of nitrogens with one attached hydrogen (secondary N) is 2. The van der Waals surface area contributed by atoms with Gasteiger partial charge in [0.25, 0.3) is 0 Å². The molecule has 0 aliphatic heterocycles. The summed E-state index contributed by atoms with van der Waals surface area (Å²) in [4.78, 5) is 3.23. The fraction of sp³-hybridized carbons (Fsp3) is 0. The lowest BCUT2D eigenvalue weighted by molar-refractivity contribution is 0.389. The van der Waals surface area contributed by atoms with Crippen LogP contribution in [0.4, 0.5) is 5.69 Å². The molecule has 1 heterocycles. The summed E-state index contributed by atoms with van der Waals surface area (Å²) in [5.74, 6) is 0. The quantitative estimate of drug-likeness (QED) is 0.460. The highest BCUT2D eigenvalue weighted by Gasteiger charge is 2.09. The number of hydrogen-bond donors (Lipinski definition) is 3. The summed E-state index contributed by atoms with van der Waals surface area (Å²) in [6, 6.07) is 20.6. The first-order chi connectivity index (χ1) is 10.4. The Morgan fingerprint density at radius 1 is 0.857 bits per heavy atom. The molecule has 3 N–H and O–H groups in total. The monoisotopic (exact) mass is 274 g/mol. The SMILES string of the molecule is ONc1cccc2c(-c3ccc4ccccc4c3)c[nH]c12. The molecule has 21 heavy (non-hydrogen) atoms. The molecule has 3 nitrogen and oxygen atoms in total. The largest absolute Gasteiger partial charge is 0.359 e. The molecule has 0 aliphatic rings. The van der Waals surface area contributed by atoms with Gasteiger partial charge >= 0.3 is 0 Å². The normalized spacial score (nSPS) is 11.1. The third-order valence-corrected chi connectivity index (χ3v) is 3.90. The summed E-state index contributed by atoms with van der Waals surface area (Å²) in [6.45, 7) is 0. The van der Waals surface area contributed by atoms with E-state index >= 15 is 0 Å². The van der Waals surface area contributed by atoms with Crippen LogP contribution in [-0.2, 0) is 0 Å². The van der Waals surface area contributed by atoms with Crippen LogP contribution in [0.25, 0.3) is 32.8 Å². The number of fused-ring (bicyclic) bond motifs is 2. The van der Waals surface area contributed by atoms with Gasteiger partial charge < -0.3 is 4.98 Å². The smallest absolute Gasteiger partial charge is 0.0843 e. The first kappa shape index (κ1) is 12.0. The van der Waals surface area contributed by atoms with Gasteiger partial charge in [-0.05, 0) is 28.5 Å². The second-order valence-electron chi connectivity index (χ2n) is 5.10. The summed E-state index contributed by atoms with van der Waals surface area (Å²) < 4.78 is 0. The zero-order valence-corrected chi connectivity index (χ0v) is 11.3. The van der Waals surface area contributed by atoms with E-state index in [0.717, 1.165) is 22.0 Å². The molecule has 0 saturated heterocycles. The number of para-hydroxylation sites is 1. The molecular weight excluding hydrogens is 260 g/mol. The minimum Gasteiger partial charge on any atom is -0.359 e. The average molecular weight is 274 g/mol. The van der Waals surface area contributed by atoms with Crippen molar-refractivity contribution in [2.45, 2.75) is 0 Å². The van der Waals surface area contributed by atoms with Gasteiger partial charge in [0.1, 0.15) is 0 Å². The molecule has 0 atom stereocenters. The summed E-state index contributed by atoms with van der Waals surface area (Å²) in [5, 5.41) is 12.7. The van der Waals surface area contributed by atoms with E-state index < -0.39 is 0 Å². The summed E-state index contributed by atoms with van der Waals surface area (Å²) in [7, 11) is 0. The Kier molecular flexibility index (Phi) is 2.66. The molecule has 1 aromatic heterocycles. The van der Waals surface area contributed by atoms with E-state index in [1.54, 1.807) is 0 Å². The number of aromatic amines is 1. The molecule has 4 rings (SSSR count). The summed E-state index contributed by atoms with van der Waals surface area (Å²) >= 11 is 0. The van der Waals surface area contributed by atoms with Crippen LogP contribution in [0.3, 0.4) is 0 Å². The predicted molar refractivity (Wildman–Crippen MR) is 86.6 cm³/mol. The van der Waals surface area contributed by atoms with Crippen LogP contribution in [-0.4, -0.2) is 10.2 Å². The number of rotatable bonds is 2. The number of hydrogen-bond acceptors (Lipinski definition) is 2. The molecule has 4 aromatic rings. The van der Waals surface area contributed by atoms with Gasteiger partial charge in [0.2, 0.25) is 0 Å². The van der Waals surface area contributed by atoms with E-state index in [4.69, 9.17) is 0 Å². The Morgan fingerprint density at radius 3 is 2.57 bits per heavy atom. The Hall–Kier alpha value is -2.78. The van der Waals surface area contributed by atoms with Crippen molar-refractivity contribution in [2.75, 3.05) is 5.48 Å². The van der Waals surface area contributed by atoms with E-state index in [2.05, 4.69) is 52.9 Å². The van der Waals surface area contributed by atoms with Crippen molar-refractivity contribution in [3.8, 4) is 11.1 Å². The van der Waals surface area contributed by atoms with E-state index in [1.807, 2.05) is 24.4 Å². The highest BCUT2D eigenvalue weighted by Crippen LogP contribution is 2.33. The highest BCUT2D eigenvalue weighted by molar-refractivity contribution is 6.02. The maximum absolute atomic E-state index is 9.19. The lowest BCUT2D eigenvalue weighted by Crippen LogP contribution is -1.89. The molecule has 3 aromatic carbocycles. The lowest BCUT2D eigenvalue weighted by Gasteiger charge is -2.04. The van der Waals surface area contributed by atoms with Gasteiger partial charge in [-0.15, -0.1) is 0 Å². The van der Waals surface area contributed by atoms with Gasteiger partial charge in [-0.25, -0.2) is 0 Å². The number of H-pyrrole nitrogens is 1. The van der Waals surface area contributed by atoms with E-state index in [-0.39, 0.29) is 0 Å². The molecule has 0 radical (unpaired) electrons. The van der Waals surface area contributed by atoms with E-state index in [9.17, 15) is 5.21 Å². The maximum atomic E-state index is 9.19. The number of benzene rings is 3. The van der Waals surface area contributed by atoms with Gasteiger partial charge in [0.05, 0.1) is 11.2 Å². The van der Waals surface area contributed by atoms with Crippen LogP contribution >= 0.6 is 0 Å². The first-order valence-electron chi connectivity index (χ1n) is 6.86. The zero-order chi connectivity index (χ0) is 14.2. The molecule has 3 heteroatoms. The maximum Gasteiger partial charge on any atom is 0.0843 e. The van der Waals surface area contributed by atoms with Crippen molar-refractivity contribution in [3.05, 3.63) is 66.9 Å². The lowest BCUT2D eigenvalue weighted by atomic mass is 10.0. The summed E-state index contributed by atoms with van der Waals surface area (Å²) in [5.41, 5.74) is 6.11. The number of aromatic nitrogens is 1. The van der Waals surface area contributed by atoms with Crippen LogP contribution < -0.4 is 5.48 Å². The highest BCUT2D eigenvalue weighted by atomic mass is 16.5. The topological polar surface area (TPSA) is 48.0 Å². The van der Waals surface area contributed by atoms with Crippen molar-refractivity contribution >= 4 is 27.4 Å². The minimum atomic E-state index is 0.680. The Balaban J connectivity index is 1.96. The Bertz CT molecular complexity index is 940. The van der Waals surface area contributed by atoms with Crippen LogP contribution in [0.15, 0.2) is 66.9 Å².